The fourth-order valence-corrected chi connectivity index (χ4v) is 1.91. The van der Waals surface area contributed by atoms with Gasteiger partial charge in [0, 0.05) is 12.3 Å². The highest BCUT2D eigenvalue weighted by atomic mass is 16.6. The lowest BCUT2D eigenvalue weighted by atomic mass is 9.99. The van der Waals surface area contributed by atoms with Gasteiger partial charge in [0.25, 0.3) is 5.56 Å². The van der Waals surface area contributed by atoms with Crippen LogP contribution in [0.5, 0.6) is 0 Å². The molecule has 0 amide bonds. The summed E-state index contributed by atoms with van der Waals surface area (Å²) in [6.07, 6.45) is -2.73. The minimum absolute atomic E-state index is 0.514. The Hall–Kier alpha value is -1.48. The zero-order valence-electron chi connectivity index (χ0n) is 9.61. The van der Waals surface area contributed by atoms with E-state index >= 15 is 0 Å². The summed E-state index contributed by atoms with van der Waals surface area (Å²) in [5.41, 5.74) is -2.70. The van der Waals surface area contributed by atoms with Crippen LogP contribution in [0.2, 0.25) is 0 Å². The van der Waals surface area contributed by atoms with E-state index in [1.807, 2.05) is 4.98 Å². The van der Waals surface area contributed by atoms with Gasteiger partial charge in [-0.3, -0.25) is 14.3 Å². The van der Waals surface area contributed by atoms with Crippen molar-refractivity contribution >= 4 is 0 Å². The second-order valence-corrected chi connectivity index (χ2v) is 4.43. The van der Waals surface area contributed by atoms with Crippen molar-refractivity contribution in [1.29, 1.82) is 0 Å². The fourth-order valence-electron chi connectivity index (χ4n) is 1.91. The lowest BCUT2D eigenvalue weighted by Crippen LogP contribution is -2.43. The molecule has 100 valence electrons. The predicted molar refractivity (Wildman–Crippen MR) is 58.9 cm³/mol. The second-order valence-electron chi connectivity index (χ2n) is 4.43. The first-order valence-corrected chi connectivity index (χ1v) is 5.35. The second kappa shape index (κ2) is 4.32. The van der Waals surface area contributed by atoms with Gasteiger partial charge in [-0.05, 0) is 6.92 Å². The minimum Gasteiger partial charge on any atom is -0.393 e. The summed E-state index contributed by atoms with van der Waals surface area (Å²) < 4.78 is 6.27. The van der Waals surface area contributed by atoms with Crippen molar-refractivity contribution in [2.24, 2.45) is 0 Å². The average Bonchev–Trinajstić information content (AvgIpc) is 2.55. The normalized spacial score (nSPS) is 35.9. The first-order chi connectivity index (χ1) is 8.39. The molecule has 0 aromatic carbocycles. The molecular formula is C10H14N2O6. The van der Waals surface area contributed by atoms with Gasteiger partial charge in [0.05, 0.1) is 6.61 Å². The van der Waals surface area contributed by atoms with E-state index in [1.54, 1.807) is 0 Å². The number of rotatable bonds is 2. The van der Waals surface area contributed by atoms with Gasteiger partial charge in [0.1, 0.15) is 17.8 Å². The molecule has 0 radical (unpaired) electrons. The van der Waals surface area contributed by atoms with Gasteiger partial charge >= 0.3 is 5.69 Å². The van der Waals surface area contributed by atoms with Gasteiger partial charge < -0.3 is 20.1 Å². The Labute approximate surface area is 101 Å². The summed E-state index contributed by atoms with van der Waals surface area (Å²) in [5.74, 6) is 0. The van der Waals surface area contributed by atoms with Crippen molar-refractivity contribution < 1.29 is 20.1 Å². The molecule has 1 saturated heterocycles. The van der Waals surface area contributed by atoms with Gasteiger partial charge in [0.2, 0.25) is 0 Å². The average molecular weight is 258 g/mol. The molecule has 1 aliphatic heterocycles. The van der Waals surface area contributed by atoms with Crippen LogP contribution in [0.4, 0.5) is 0 Å². The van der Waals surface area contributed by atoms with Crippen LogP contribution in [0.3, 0.4) is 0 Å². The molecule has 0 saturated carbocycles. The molecular weight excluding hydrogens is 244 g/mol. The first kappa shape index (κ1) is 13.0. The molecule has 4 N–H and O–H groups in total. The van der Waals surface area contributed by atoms with Gasteiger partial charge in [-0.2, -0.15) is 0 Å². The zero-order valence-corrected chi connectivity index (χ0v) is 9.61. The number of aliphatic hydroxyl groups excluding tert-OH is 3. The van der Waals surface area contributed by atoms with Crippen LogP contribution in [0.15, 0.2) is 21.9 Å². The van der Waals surface area contributed by atoms with E-state index < -0.39 is 41.9 Å². The Bertz CT molecular complexity index is 552. The van der Waals surface area contributed by atoms with E-state index in [0.717, 1.165) is 16.8 Å². The zero-order chi connectivity index (χ0) is 13.5. The summed E-state index contributed by atoms with van der Waals surface area (Å²) in [5, 5.41) is 28.8. The predicted octanol–water partition coefficient (Wildman–Crippen LogP) is -2.46. The van der Waals surface area contributed by atoms with Crippen LogP contribution in [0.1, 0.15) is 13.2 Å². The molecule has 8 nitrogen and oxygen atoms in total. The molecule has 18 heavy (non-hydrogen) atoms. The van der Waals surface area contributed by atoms with E-state index in [9.17, 15) is 19.8 Å². The maximum absolute atomic E-state index is 11.6. The number of ether oxygens (including phenoxy) is 1. The van der Waals surface area contributed by atoms with Crippen LogP contribution in [0.25, 0.3) is 0 Å². The topological polar surface area (TPSA) is 125 Å². The molecule has 4 atom stereocenters. The molecule has 8 heteroatoms. The minimum atomic E-state index is -1.38. The van der Waals surface area contributed by atoms with Gasteiger partial charge in [-0.25, -0.2) is 4.79 Å². The van der Waals surface area contributed by atoms with Crippen molar-refractivity contribution in [2.45, 2.75) is 31.0 Å². The molecule has 1 aliphatic rings. The SMILES string of the molecule is C[C@]1(CO)O[C@@H](n2ccc(=O)[nH]c2=O)[C@@H](O)C1O. The lowest BCUT2D eigenvalue weighted by molar-refractivity contribution is -0.117. The summed E-state index contributed by atoms with van der Waals surface area (Å²) in [4.78, 5) is 24.5. The Morgan fingerprint density at radius 1 is 1.50 bits per heavy atom. The third kappa shape index (κ3) is 1.89. The van der Waals surface area contributed by atoms with Crippen LogP contribution in [-0.4, -0.2) is 49.3 Å². The van der Waals surface area contributed by atoms with Crippen molar-refractivity contribution in [3.05, 3.63) is 33.1 Å². The van der Waals surface area contributed by atoms with Crippen LogP contribution >= 0.6 is 0 Å². The smallest absolute Gasteiger partial charge is 0.330 e. The van der Waals surface area contributed by atoms with Crippen molar-refractivity contribution in [3.8, 4) is 0 Å². The Kier molecular flexibility index (Phi) is 3.11. The first-order valence-electron chi connectivity index (χ1n) is 5.35. The highest BCUT2D eigenvalue weighted by Crippen LogP contribution is 2.35. The number of nitrogens with one attached hydrogen (secondary N) is 1. The van der Waals surface area contributed by atoms with E-state index in [-0.39, 0.29) is 0 Å². The van der Waals surface area contributed by atoms with Crippen molar-refractivity contribution in [1.82, 2.24) is 9.55 Å². The van der Waals surface area contributed by atoms with Crippen LogP contribution in [-0.2, 0) is 4.74 Å². The van der Waals surface area contributed by atoms with E-state index in [4.69, 9.17) is 9.84 Å². The molecule has 0 aliphatic carbocycles. The third-order valence-electron chi connectivity index (χ3n) is 3.07. The summed E-state index contributed by atoms with van der Waals surface area (Å²) >= 11 is 0. The largest absolute Gasteiger partial charge is 0.393 e. The molecule has 1 aromatic rings. The summed E-state index contributed by atoms with van der Waals surface area (Å²) in [6.45, 7) is 0.900. The highest BCUT2D eigenvalue weighted by Gasteiger charge is 2.51. The number of aromatic amines is 1. The number of aliphatic hydroxyl groups is 3. The van der Waals surface area contributed by atoms with Gasteiger partial charge in [0.15, 0.2) is 6.23 Å². The molecule has 0 bridgehead atoms. The van der Waals surface area contributed by atoms with Gasteiger partial charge in [-0.15, -0.1) is 0 Å². The maximum Gasteiger partial charge on any atom is 0.330 e. The molecule has 1 unspecified atom stereocenters. The molecule has 1 fully saturated rings. The van der Waals surface area contributed by atoms with E-state index in [2.05, 4.69) is 0 Å². The van der Waals surface area contributed by atoms with E-state index in [0.29, 0.717) is 0 Å². The standard InChI is InChI=1S/C10H14N2O6/c1-10(4-13)7(16)6(15)8(18-10)12-3-2-5(14)11-9(12)17/h2-3,6-8,13,15-16H,4H2,1H3,(H,11,14,17)/t6-,7?,8+,10+/m0/s1. The number of nitrogens with zero attached hydrogens (tertiary/aromatic N) is 1. The summed E-state index contributed by atoms with van der Waals surface area (Å²) in [6, 6.07) is 1.10. The molecule has 2 heterocycles. The molecule has 0 spiro atoms. The highest BCUT2D eigenvalue weighted by molar-refractivity contribution is 4.99. The molecule has 2 rings (SSSR count). The fraction of sp³-hybridized carbons (Fsp3) is 0.600. The Morgan fingerprint density at radius 2 is 2.17 bits per heavy atom. The third-order valence-corrected chi connectivity index (χ3v) is 3.07. The van der Waals surface area contributed by atoms with E-state index in [1.165, 1.54) is 6.92 Å². The van der Waals surface area contributed by atoms with Crippen molar-refractivity contribution in [3.63, 3.8) is 0 Å². The van der Waals surface area contributed by atoms with Crippen LogP contribution < -0.4 is 11.2 Å². The monoisotopic (exact) mass is 258 g/mol. The number of hydrogen-bond acceptors (Lipinski definition) is 6. The Balaban J connectivity index is 2.41. The number of H-pyrrole nitrogens is 1. The van der Waals surface area contributed by atoms with Gasteiger partial charge in [-0.1, -0.05) is 0 Å². The maximum atomic E-state index is 11.6. The van der Waals surface area contributed by atoms with Crippen molar-refractivity contribution in [2.75, 3.05) is 6.61 Å². The molecule has 1 aromatic heterocycles. The lowest BCUT2D eigenvalue weighted by Gasteiger charge is -2.24. The quantitative estimate of drug-likeness (QED) is 0.466. The number of aromatic nitrogens is 2. The number of hydrogen-bond donors (Lipinski definition) is 4. The van der Waals surface area contributed by atoms with Crippen LogP contribution in [0, 0.1) is 0 Å². The Morgan fingerprint density at radius 3 is 2.67 bits per heavy atom. The summed E-state index contributed by atoms with van der Waals surface area (Å²) in [7, 11) is 0.